The third-order valence-electron chi connectivity index (χ3n) is 9.68. The highest BCUT2D eigenvalue weighted by Crippen LogP contribution is 2.40. The van der Waals surface area contributed by atoms with Gasteiger partial charge in [0.15, 0.2) is 8.32 Å². The number of aliphatic hydroxyl groups excluding tert-OH is 1. The first-order valence-corrected chi connectivity index (χ1v) is 19.5. The zero-order valence-corrected chi connectivity index (χ0v) is 29.8. The molecular weight excluding hydrogens is 618 g/mol. The minimum Gasteiger partial charge on any atom is -0.415 e. The lowest BCUT2D eigenvalue weighted by Gasteiger charge is -2.39. The fraction of sp³-hybridized carbons (Fsp3) is 0.514. The van der Waals surface area contributed by atoms with Gasteiger partial charge in [0.1, 0.15) is 12.3 Å². The minimum absolute atomic E-state index is 0.0281. The van der Waals surface area contributed by atoms with E-state index in [9.17, 15) is 9.90 Å². The number of aromatic nitrogens is 2. The van der Waals surface area contributed by atoms with E-state index in [-0.39, 0.29) is 29.6 Å². The van der Waals surface area contributed by atoms with E-state index in [0.717, 1.165) is 40.7 Å². The molecule has 1 amide bonds. The molecule has 1 fully saturated rings. The van der Waals surface area contributed by atoms with Crippen molar-refractivity contribution < 1.29 is 19.1 Å². The van der Waals surface area contributed by atoms with Gasteiger partial charge in [0.25, 0.3) is 0 Å². The summed E-state index contributed by atoms with van der Waals surface area (Å²) in [5.74, 6) is 0.332. The summed E-state index contributed by atoms with van der Waals surface area (Å²) < 4.78 is 12.1. The van der Waals surface area contributed by atoms with Gasteiger partial charge in [0.05, 0.1) is 29.6 Å². The standard InChI is InChI=1S/C35H48ClN5O4Si/c1-22-9-8-10-24(17-22)23(2)38-32(42)30(21-45-46(6,7)35(3,4)5)41-20-26-12-11-25(18-28(26)33(41)43)31-29(36)19-37-34(40-31)39-27-13-15-44-16-14-27/h8-12,17-19,23,27,30,33,43H,13-16,20-21H2,1-7H3,(H,38,42)(H,37,39,40)/t23-,30?,33?/m1/s1. The summed E-state index contributed by atoms with van der Waals surface area (Å²) in [5, 5.41) is 18.8. The fourth-order valence-electron chi connectivity index (χ4n) is 5.69. The summed E-state index contributed by atoms with van der Waals surface area (Å²) >= 11 is 6.60. The molecule has 3 atom stereocenters. The summed E-state index contributed by atoms with van der Waals surface area (Å²) in [7, 11) is -2.19. The van der Waals surface area contributed by atoms with Gasteiger partial charge < -0.3 is 24.9 Å². The fourth-order valence-corrected chi connectivity index (χ4v) is 6.90. The summed E-state index contributed by atoms with van der Waals surface area (Å²) in [5.41, 5.74) is 5.19. The first kappa shape index (κ1) is 34.5. The smallest absolute Gasteiger partial charge is 0.240 e. The largest absolute Gasteiger partial charge is 0.415 e. The van der Waals surface area contributed by atoms with E-state index in [2.05, 4.69) is 55.5 Å². The number of hydrogen-bond acceptors (Lipinski definition) is 8. The number of aliphatic hydroxyl groups is 1. The van der Waals surface area contributed by atoms with Crippen molar-refractivity contribution in [2.75, 3.05) is 25.1 Å². The summed E-state index contributed by atoms with van der Waals surface area (Å²) in [6.07, 6.45) is 2.37. The Morgan fingerprint density at radius 1 is 1.20 bits per heavy atom. The Hall–Kier alpha value is -2.86. The van der Waals surface area contributed by atoms with Crippen LogP contribution in [-0.4, -0.2) is 66.1 Å². The van der Waals surface area contributed by atoms with Crippen molar-refractivity contribution in [2.24, 2.45) is 0 Å². The lowest BCUT2D eigenvalue weighted by molar-refractivity contribution is -0.134. The molecule has 11 heteroatoms. The number of aryl methyl sites for hydroxylation is 1. The van der Waals surface area contributed by atoms with Crippen molar-refractivity contribution in [2.45, 2.75) is 96.5 Å². The van der Waals surface area contributed by atoms with Crippen LogP contribution in [0.5, 0.6) is 0 Å². The average Bonchev–Trinajstić information content (AvgIpc) is 3.33. The molecule has 3 aromatic rings. The molecule has 2 unspecified atom stereocenters. The highest BCUT2D eigenvalue weighted by Gasteiger charge is 2.42. The maximum absolute atomic E-state index is 14.0. The quantitative estimate of drug-likeness (QED) is 0.204. The molecule has 1 saturated heterocycles. The second-order valence-electron chi connectivity index (χ2n) is 14.1. The highest BCUT2D eigenvalue weighted by molar-refractivity contribution is 6.74. The van der Waals surface area contributed by atoms with E-state index >= 15 is 0 Å². The molecule has 2 aliphatic rings. The van der Waals surface area contributed by atoms with Crippen LogP contribution in [0.2, 0.25) is 23.2 Å². The SMILES string of the molecule is Cc1cccc([C@@H](C)NC(=O)C(CO[Si](C)(C)C(C)(C)C)N2Cc3ccc(-c4nc(NC5CCOCC5)ncc4Cl)cc3C2O)c1. The predicted molar refractivity (Wildman–Crippen MR) is 185 cm³/mol. The number of benzene rings is 2. The van der Waals surface area contributed by atoms with E-state index in [1.165, 1.54) is 0 Å². The van der Waals surface area contributed by atoms with Crippen LogP contribution < -0.4 is 10.6 Å². The van der Waals surface area contributed by atoms with Crippen LogP contribution in [0.1, 0.15) is 75.1 Å². The molecule has 5 rings (SSSR count). The molecule has 248 valence electrons. The van der Waals surface area contributed by atoms with Gasteiger partial charge in [-0.3, -0.25) is 9.69 Å². The van der Waals surface area contributed by atoms with Crippen LogP contribution >= 0.6 is 11.6 Å². The van der Waals surface area contributed by atoms with Crippen LogP contribution in [0.25, 0.3) is 11.3 Å². The van der Waals surface area contributed by atoms with E-state index in [1.54, 1.807) is 6.20 Å². The molecular formula is C35H48ClN5O4Si. The molecule has 0 saturated carbocycles. The number of anilines is 1. The lowest BCUT2D eigenvalue weighted by atomic mass is 10.0. The molecule has 3 N–H and O–H groups in total. The topological polar surface area (TPSA) is 109 Å². The number of carbonyl (C=O) groups is 1. The second kappa shape index (κ2) is 14.1. The molecule has 46 heavy (non-hydrogen) atoms. The molecule has 0 aliphatic carbocycles. The van der Waals surface area contributed by atoms with Crippen LogP contribution in [0, 0.1) is 6.92 Å². The summed E-state index contributed by atoms with van der Waals surface area (Å²) in [6, 6.07) is 13.3. The third kappa shape index (κ3) is 7.81. The first-order valence-electron chi connectivity index (χ1n) is 16.2. The monoisotopic (exact) mass is 665 g/mol. The van der Waals surface area contributed by atoms with E-state index in [4.69, 9.17) is 25.7 Å². The zero-order valence-electron chi connectivity index (χ0n) is 28.1. The first-order chi connectivity index (χ1) is 21.7. The molecule has 0 spiro atoms. The number of rotatable bonds is 10. The molecule has 9 nitrogen and oxygen atoms in total. The average molecular weight is 666 g/mol. The number of nitrogens with zero attached hydrogens (tertiary/aromatic N) is 3. The van der Waals surface area contributed by atoms with E-state index in [0.29, 0.717) is 36.4 Å². The van der Waals surface area contributed by atoms with Crippen molar-refractivity contribution >= 4 is 31.8 Å². The maximum Gasteiger partial charge on any atom is 0.240 e. The van der Waals surface area contributed by atoms with Gasteiger partial charge in [-0.25, -0.2) is 9.97 Å². The minimum atomic E-state index is -2.19. The van der Waals surface area contributed by atoms with Gasteiger partial charge in [-0.1, -0.05) is 74.3 Å². The number of nitrogens with one attached hydrogen (secondary N) is 2. The van der Waals surface area contributed by atoms with Gasteiger partial charge >= 0.3 is 0 Å². The van der Waals surface area contributed by atoms with Gasteiger partial charge in [-0.15, -0.1) is 0 Å². The maximum atomic E-state index is 14.0. The number of hydrogen-bond donors (Lipinski definition) is 3. The predicted octanol–water partition coefficient (Wildman–Crippen LogP) is 6.77. The zero-order chi connectivity index (χ0) is 33.2. The second-order valence-corrected chi connectivity index (χ2v) is 19.3. The Morgan fingerprint density at radius 2 is 1.93 bits per heavy atom. The molecule has 0 radical (unpaired) electrons. The van der Waals surface area contributed by atoms with E-state index < -0.39 is 20.6 Å². The van der Waals surface area contributed by atoms with E-state index in [1.807, 2.05) is 55.1 Å². The van der Waals surface area contributed by atoms with Crippen LogP contribution in [0.4, 0.5) is 5.95 Å². The Balaban J connectivity index is 1.39. The number of amides is 1. The van der Waals surface area contributed by atoms with Crippen LogP contribution in [0.15, 0.2) is 48.7 Å². The Kier molecular flexibility index (Phi) is 10.6. The molecule has 3 heterocycles. The van der Waals surface area contributed by atoms with Crippen molar-refractivity contribution in [1.82, 2.24) is 20.2 Å². The van der Waals surface area contributed by atoms with Gasteiger partial charge in [-0.2, -0.15) is 0 Å². The van der Waals surface area contributed by atoms with Gasteiger partial charge in [0.2, 0.25) is 11.9 Å². The molecule has 2 aromatic carbocycles. The Morgan fingerprint density at radius 3 is 2.63 bits per heavy atom. The summed E-state index contributed by atoms with van der Waals surface area (Å²) in [4.78, 5) is 25.0. The van der Waals surface area contributed by atoms with Gasteiger partial charge in [-0.05, 0) is 62.0 Å². The number of halogens is 1. The van der Waals surface area contributed by atoms with Crippen LogP contribution in [-0.2, 0) is 20.5 Å². The number of carbonyl (C=O) groups excluding carboxylic acids is 1. The van der Waals surface area contributed by atoms with Crippen LogP contribution in [0.3, 0.4) is 0 Å². The van der Waals surface area contributed by atoms with Crippen molar-refractivity contribution in [3.8, 4) is 11.3 Å². The lowest BCUT2D eigenvalue weighted by Crippen LogP contribution is -2.52. The molecule has 1 aromatic heterocycles. The van der Waals surface area contributed by atoms with Crippen molar-refractivity contribution in [3.05, 3.63) is 75.9 Å². The Labute approximate surface area is 279 Å². The summed E-state index contributed by atoms with van der Waals surface area (Å²) in [6.45, 7) is 16.9. The Bertz CT molecular complexity index is 1540. The number of fused-ring (bicyclic) bond motifs is 1. The van der Waals surface area contributed by atoms with Crippen molar-refractivity contribution in [3.63, 3.8) is 0 Å². The normalized spacial score (nSPS) is 19.0. The highest BCUT2D eigenvalue weighted by atomic mass is 35.5. The van der Waals surface area contributed by atoms with Gasteiger partial charge in [0, 0.05) is 36.9 Å². The van der Waals surface area contributed by atoms with Crippen molar-refractivity contribution in [1.29, 1.82) is 0 Å². The molecule has 0 bridgehead atoms. The molecule has 2 aliphatic heterocycles. The number of ether oxygens (including phenoxy) is 1. The third-order valence-corrected chi connectivity index (χ3v) is 14.5.